The van der Waals surface area contributed by atoms with E-state index in [1.807, 2.05) is 11.8 Å². The van der Waals surface area contributed by atoms with E-state index in [1.165, 1.54) is 4.90 Å². The molecule has 1 rings (SSSR count). The highest BCUT2D eigenvalue weighted by atomic mass is 32.2. The molecule has 0 aliphatic heterocycles. The lowest BCUT2D eigenvalue weighted by Gasteiger charge is -2.23. The molecule has 0 amide bonds. The molecule has 0 aromatic heterocycles. The van der Waals surface area contributed by atoms with E-state index >= 15 is 0 Å². The molecule has 90 valence electrons. The summed E-state index contributed by atoms with van der Waals surface area (Å²) >= 11 is 1.90. The fourth-order valence-electron chi connectivity index (χ4n) is 1.41. The van der Waals surface area contributed by atoms with Crippen molar-refractivity contribution < 1.29 is 4.74 Å². The Morgan fingerprint density at radius 2 is 2.00 bits per heavy atom. The van der Waals surface area contributed by atoms with E-state index in [0.717, 1.165) is 18.9 Å². The molecule has 0 N–H and O–H groups in total. The summed E-state index contributed by atoms with van der Waals surface area (Å²) < 4.78 is 5.14. The SMILES string of the molecule is COCC(C)N(C)CCSc1ccccc1. The summed E-state index contributed by atoms with van der Waals surface area (Å²) in [5.41, 5.74) is 0. The van der Waals surface area contributed by atoms with E-state index in [2.05, 4.69) is 49.2 Å². The molecule has 0 saturated carbocycles. The van der Waals surface area contributed by atoms with Crippen LogP contribution in [-0.4, -0.2) is 44.0 Å². The topological polar surface area (TPSA) is 12.5 Å². The molecule has 1 aromatic carbocycles. The standard InChI is InChI=1S/C13H21NOS/c1-12(11-15-3)14(2)9-10-16-13-7-5-4-6-8-13/h4-8,12H,9-11H2,1-3H3. The lowest BCUT2D eigenvalue weighted by atomic mass is 10.3. The number of likely N-dealkylation sites (N-methyl/N-ethyl adjacent to an activating group) is 1. The van der Waals surface area contributed by atoms with Crippen LogP contribution in [0.2, 0.25) is 0 Å². The Labute approximate surface area is 103 Å². The number of ether oxygens (including phenoxy) is 1. The summed E-state index contributed by atoms with van der Waals surface area (Å²) in [4.78, 5) is 3.68. The quantitative estimate of drug-likeness (QED) is 0.679. The first-order valence-electron chi connectivity index (χ1n) is 5.61. The fraction of sp³-hybridized carbons (Fsp3) is 0.538. The summed E-state index contributed by atoms with van der Waals surface area (Å²) in [5, 5.41) is 0. The van der Waals surface area contributed by atoms with Crippen LogP contribution < -0.4 is 0 Å². The van der Waals surface area contributed by atoms with Gasteiger partial charge in [-0.25, -0.2) is 0 Å². The molecule has 3 heteroatoms. The first-order valence-corrected chi connectivity index (χ1v) is 6.59. The van der Waals surface area contributed by atoms with Crippen LogP contribution in [0.5, 0.6) is 0 Å². The van der Waals surface area contributed by atoms with Crippen LogP contribution in [0, 0.1) is 0 Å². The third-order valence-electron chi connectivity index (χ3n) is 2.62. The zero-order valence-corrected chi connectivity index (χ0v) is 11.2. The smallest absolute Gasteiger partial charge is 0.0615 e. The Hall–Kier alpha value is -0.510. The minimum absolute atomic E-state index is 0.487. The van der Waals surface area contributed by atoms with Crippen molar-refractivity contribution in [3.05, 3.63) is 30.3 Å². The normalized spacial score (nSPS) is 13.0. The van der Waals surface area contributed by atoms with E-state index < -0.39 is 0 Å². The highest BCUT2D eigenvalue weighted by molar-refractivity contribution is 7.99. The zero-order valence-electron chi connectivity index (χ0n) is 10.3. The van der Waals surface area contributed by atoms with Gasteiger partial charge in [0.2, 0.25) is 0 Å². The number of methoxy groups -OCH3 is 1. The van der Waals surface area contributed by atoms with Gasteiger partial charge in [0, 0.05) is 30.3 Å². The molecule has 16 heavy (non-hydrogen) atoms. The Kier molecular flexibility index (Phi) is 6.53. The maximum atomic E-state index is 5.14. The molecule has 0 fully saturated rings. The number of hydrogen-bond donors (Lipinski definition) is 0. The van der Waals surface area contributed by atoms with E-state index in [0.29, 0.717) is 6.04 Å². The maximum Gasteiger partial charge on any atom is 0.0615 e. The molecule has 0 heterocycles. The highest BCUT2D eigenvalue weighted by Gasteiger charge is 2.07. The first kappa shape index (κ1) is 13.6. The van der Waals surface area contributed by atoms with Gasteiger partial charge in [0.05, 0.1) is 6.61 Å². The second kappa shape index (κ2) is 7.71. The Bertz CT molecular complexity index is 279. The van der Waals surface area contributed by atoms with Crippen molar-refractivity contribution in [2.75, 3.05) is 33.1 Å². The van der Waals surface area contributed by atoms with Gasteiger partial charge in [-0.3, -0.25) is 0 Å². The lowest BCUT2D eigenvalue weighted by Crippen LogP contribution is -2.34. The van der Waals surface area contributed by atoms with Crippen molar-refractivity contribution in [3.8, 4) is 0 Å². The third kappa shape index (κ3) is 5.01. The van der Waals surface area contributed by atoms with Gasteiger partial charge in [-0.15, -0.1) is 11.8 Å². The first-order chi connectivity index (χ1) is 7.74. The molecule has 0 aliphatic rings. The zero-order chi connectivity index (χ0) is 11.8. The predicted molar refractivity (Wildman–Crippen MR) is 71.1 cm³/mol. The minimum Gasteiger partial charge on any atom is -0.383 e. The Morgan fingerprint density at radius 3 is 2.62 bits per heavy atom. The van der Waals surface area contributed by atoms with Crippen LogP contribution in [0.15, 0.2) is 35.2 Å². The second-order valence-corrected chi connectivity index (χ2v) is 5.11. The van der Waals surface area contributed by atoms with Gasteiger partial charge in [0.15, 0.2) is 0 Å². The lowest BCUT2D eigenvalue weighted by molar-refractivity contribution is 0.119. The number of thioether (sulfide) groups is 1. The molecule has 0 spiro atoms. The minimum atomic E-state index is 0.487. The molecule has 1 atom stereocenters. The van der Waals surface area contributed by atoms with Crippen molar-refractivity contribution in [3.63, 3.8) is 0 Å². The molecule has 0 bridgehead atoms. The van der Waals surface area contributed by atoms with Crippen LogP contribution in [0.4, 0.5) is 0 Å². The van der Waals surface area contributed by atoms with Gasteiger partial charge < -0.3 is 9.64 Å². The van der Waals surface area contributed by atoms with Gasteiger partial charge >= 0.3 is 0 Å². The average Bonchev–Trinajstić information content (AvgIpc) is 2.30. The molecule has 1 unspecified atom stereocenters. The molecular formula is C13H21NOS. The van der Waals surface area contributed by atoms with Gasteiger partial charge in [0.25, 0.3) is 0 Å². The average molecular weight is 239 g/mol. The van der Waals surface area contributed by atoms with E-state index in [4.69, 9.17) is 4.74 Å². The van der Waals surface area contributed by atoms with E-state index in [9.17, 15) is 0 Å². The van der Waals surface area contributed by atoms with Crippen molar-refractivity contribution in [2.45, 2.75) is 17.9 Å². The van der Waals surface area contributed by atoms with Gasteiger partial charge in [-0.05, 0) is 26.1 Å². The maximum absolute atomic E-state index is 5.14. The van der Waals surface area contributed by atoms with Crippen molar-refractivity contribution in [1.82, 2.24) is 4.90 Å². The largest absolute Gasteiger partial charge is 0.383 e. The second-order valence-electron chi connectivity index (χ2n) is 3.95. The van der Waals surface area contributed by atoms with Gasteiger partial charge in [-0.1, -0.05) is 18.2 Å². The van der Waals surface area contributed by atoms with Gasteiger partial charge in [0.1, 0.15) is 0 Å². The fourth-order valence-corrected chi connectivity index (χ4v) is 2.38. The summed E-state index contributed by atoms with van der Waals surface area (Å²) in [6.07, 6.45) is 0. The number of rotatable bonds is 7. The Morgan fingerprint density at radius 1 is 1.31 bits per heavy atom. The summed E-state index contributed by atoms with van der Waals surface area (Å²) in [6, 6.07) is 11.0. The van der Waals surface area contributed by atoms with Crippen LogP contribution in [-0.2, 0) is 4.74 Å². The number of nitrogens with zero attached hydrogens (tertiary/aromatic N) is 1. The van der Waals surface area contributed by atoms with Crippen molar-refractivity contribution >= 4 is 11.8 Å². The monoisotopic (exact) mass is 239 g/mol. The van der Waals surface area contributed by atoms with Crippen LogP contribution in [0.25, 0.3) is 0 Å². The van der Waals surface area contributed by atoms with Crippen molar-refractivity contribution in [2.24, 2.45) is 0 Å². The molecule has 0 aliphatic carbocycles. The molecule has 0 radical (unpaired) electrons. The Balaban J connectivity index is 2.20. The van der Waals surface area contributed by atoms with E-state index in [1.54, 1.807) is 7.11 Å². The number of benzene rings is 1. The highest BCUT2D eigenvalue weighted by Crippen LogP contribution is 2.16. The summed E-state index contributed by atoms with van der Waals surface area (Å²) in [7, 11) is 3.90. The molecule has 1 aromatic rings. The third-order valence-corrected chi connectivity index (χ3v) is 3.61. The molecule has 0 saturated heterocycles. The van der Waals surface area contributed by atoms with Crippen LogP contribution in [0.1, 0.15) is 6.92 Å². The van der Waals surface area contributed by atoms with E-state index in [-0.39, 0.29) is 0 Å². The summed E-state index contributed by atoms with van der Waals surface area (Å²) in [6.45, 7) is 4.08. The van der Waals surface area contributed by atoms with Crippen LogP contribution in [0.3, 0.4) is 0 Å². The summed E-state index contributed by atoms with van der Waals surface area (Å²) in [5.74, 6) is 1.12. The predicted octanol–water partition coefficient (Wildman–Crippen LogP) is 2.75. The number of hydrogen-bond acceptors (Lipinski definition) is 3. The van der Waals surface area contributed by atoms with Gasteiger partial charge in [-0.2, -0.15) is 0 Å². The molecular weight excluding hydrogens is 218 g/mol. The van der Waals surface area contributed by atoms with Crippen LogP contribution >= 0.6 is 11.8 Å². The molecule has 2 nitrogen and oxygen atoms in total. The van der Waals surface area contributed by atoms with Crippen molar-refractivity contribution in [1.29, 1.82) is 0 Å².